The summed E-state index contributed by atoms with van der Waals surface area (Å²) in [6, 6.07) is 0. The van der Waals surface area contributed by atoms with Gasteiger partial charge in [0, 0.05) is 12.6 Å². The van der Waals surface area contributed by atoms with Gasteiger partial charge in [-0.3, -0.25) is 19.8 Å². The Morgan fingerprint density at radius 1 is 1.65 bits per heavy atom. The first-order chi connectivity index (χ1) is 9.45. The number of carbonyl (C=O) groups excluding carboxylic acids is 2. The molecular weight excluding hydrogens is 344 g/mol. The molecule has 1 fully saturated rings. The van der Waals surface area contributed by atoms with Crippen molar-refractivity contribution in [2.45, 2.75) is 4.95 Å². The standard InChI is InChI=1S/C12H11BrN4O2S/c1-3-4-17-11(19)7(10(18)15-12(17)20)5-8-9(13)14-6-16(8)2/h3,5-6,9H,1,4H2,2H3/p+1. The zero-order valence-corrected chi connectivity index (χ0v) is 13.1. The van der Waals surface area contributed by atoms with Crippen LogP contribution in [0.4, 0.5) is 0 Å². The highest BCUT2D eigenvalue weighted by molar-refractivity contribution is 9.10. The smallest absolute Gasteiger partial charge is 0.282 e. The highest BCUT2D eigenvalue weighted by atomic mass is 79.9. The highest BCUT2D eigenvalue weighted by Gasteiger charge is 2.35. The second kappa shape index (κ2) is 5.76. The fraction of sp³-hybridized carbons (Fsp3) is 0.250. The number of hydrogen-bond acceptors (Lipinski definition) is 4. The van der Waals surface area contributed by atoms with Gasteiger partial charge in [-0.25, -0.2) is 4.58 Å². The maximum atomic E-state index is 12.3. The first kappa shape index (κ1) is 14.7. The van der Waals surface area contributed by atoms with Crippen LogP contribution in [0.5, 0.6) is 0 Å². The number of rotatable bonds is 3. The molecular formula is C12H12BrN4O2S+. The summed E-state index contributed by atoms with van der Waals surface area (Å²) in [4.78, 5) is 29.4. The number of thiocarbonyl (C=S) groups is 1. The molecule has 20 heavy (non-hydrogen) atoms. The molecule has 0 saturated carbocycles. The number of nitrogens with one attached hydrogen (secondary N) is 1. The molecule has 104 valence electrons. The number of nitrogens with zero attached hydrogens (tertiary/aromatic N) is 3. The topological polar surface area (TPSA) is 64.8 Å². The average Bonchev–Trinajstić information content (AvgIpc) is 2.70. The molecule has 2 aliphatic heterocycles. The minimum Gasteiger partial charge on any atom is -0.298 e. The van der Waals surface area contributed by atoms with Crippen molar-refractivity contribution < 1.29 is 14.2 Å². The summed E-state index contributed by atoms with van der Waals surface area (Å²) in [5.74, 6) is -0.945. The molecule has 0 aromatic rings. The van der Waals surface area contributed by atoms with E-state index in [0.29, 0.717) is 5.71 Å². The molecule has 2 aliphatic rings. The van der Waals surface area contributed by atoms with E-state index in [0.717, 1.165) is 0 Å². The van der Waals surface area contributed by atoms with Crippen LogP contribution in [0, 0.1) is 0 Å². The molecule has 0 radical (unpaired) electrons. The van der Waals surface area contributed by atoms with E-state index in [-0.39, 0.29) is 22.2 Å². The van der Waals surface area contributed by atoms with Crippen LogP contribution in [-0.2, 0) is 9.59 Å². The zero-order chi connectivity index (χ0) is 14.9. The summed E-state index contributed by atoms with van der Waals surface area (Å²) >= 11 is 8.33. The third kappa shape index (κ3) is 2.61. The molecule has 0 aliphatic carbocycles. The van der Waals surface area contributed by atoms with Gasteiger partial charge < -0.3 is 0 Å². The Hall–Kier alpha value is -1.67. The van der Waals surface area contributed by atoms with Gasteiger partial charge in [0.05, 0.1) is 7.05 Å². The van der Waals surface area contributed by atoms with E-state index in [9.17, 15) is 9.59 Å². The van der Waals surface area contributed by atoms with E-state index in [1.54, 1.807) is 24.0 Å². The van der Waals surface area contributed by atoms with Crippen molar-refractivity contribution in [1.82, 2.24) is 10.2 Å². The normalized spacial score (nSPS) is 24.7. The quantitative estimate of drug-likeness (QED) is 0.149. The molecule has 1 N–H and O–H groups in total. The predicted molar refractivity (Wildman–Crippen MR) is 83.1 cm³/mol. The van der Waals surface area contributed by atoms with Crippen LogP contribution >= 0.6 is 28.1 Å². The van der Waals surface area contributed by atoms with Crippen molar-refractivity contribution >= 4 is 57.1 Å². The average molecular weight is 356 g/mol. The lowest BCUT2D eigenvalue weighted by Crippen LogP contribution is -2.54. The Labute approximate surface area is 129 Å². The second-order valence-electron chi connectivity index (χ2n) is 4.16. The molecule has 0 bridgehead atoms. The number of amides is 2. The van der Waals surface area contributed by atoms with Crippen molar-refractivity contribution in [2.24, 2.45) is 4.99 Å². The Bertz CT molecular complexity index is 609. The van der Waals surface area contributed by atoms with E-state index in [2.05, 4.69) is 32.8 Å². The molecule has 8 heteroatoms. The maximum absolute atomic E-state index is 12.3. The monoisotopic (exact) mass is 355 g/mol. The second-order valence-corrected chi connectivity index (χ2v) is 5.41. The van der Waals surface area contributed by atoms with Gasteiger partial charge in [-0.05, 0) is 28.1 Å². The van der Waals surface area contributed by atoms with E-state index in [1.807, 2.05) is 0 Å². The van der Waals surface area contributed by atoms with Crippen LogP contribution in [0.3, 0.4) is 0 Å². The number of halogens is 1. The Morgan fingerprint density at radius 3 is 2.90 bits per heavy atom. The van der Waals surface area contributed by atoms with Gasteiger partial charge in [-0.2, -0.15) is 0 Å². The lowest BCUT2D eigenvalue weighted by molar-refractivity contribution is -0.355. The molecule has 0 aromatic carbocycles. The van der Waals surface area contributed by atoms with Crippen LogP contribution in [-0.4, -0.2) is 57.0 Å². The molecule has 2 amide bonds. The number of hydrogen-bond donors (Lipinski definition) is 1. The third-order valence-electron chi connectivity index (χ3n) is 2.81. The van der Waals surface area contributed by atoms with Crippen molar-refractivity contribution in [2.75, 3.05) is 13.6 Å². The van der Waals surface area contributed by atoms with Gasteiger partial charge in [0.25, 0.3) is 23.1 Å². The summed E-state index contributed by atoms with van der Waals surface area (Å²) < 4.78 is 1.73. The molecule has 1 saturated heterocycles. The number of aliphatic imine (C=N–C) groups is 1. The van der Waals surface area contributed by atoms with Crippen molar-refractivity contribution in [1.29, 1.82) is 0 Å². The fourth-order valence-corrected chi connectivity index (χ4v) is 2.59. The van der Waals surface area contributed by atoms with Crippen LogP contribution < -0.4 is 5.32 Å². The number of alkyl halides is 1. The van der Waals surface area contributed by atoms with Crippen LogP contribution in [0.15, 0.2) is 29.3 Å². The fourth-order valence-electron chi connectivity index (χ4n) is 1.78. The molecule has 1 atom stereocenters. The molecule has 6 nitrogen and oxygen atoms in total. The Balaban J connectivity index is 2.37. The maximum Gasteiger partial charge on any atom is 0.282 e. The van der Waals surface area contributed by atoms with Crippen LogP contribution in [0.1, 0.15) is 0 Å². The van der Waals surface area contributed by atoms with Crippen molar-refractivity contribution in [3.05, 3.63) is 24.3 Å². The summed E-state index contributed by atoms with van der Waals surface area (Å²) in [6.45, 7) is 3.81. The Kier molecular flexibility index (Phi) is 4.24. The molecule has 0 aromatic heterocycles. The SMILES string of the molecule is C=CCN1C(=O)C(=CC2=[N+](C)C=NC2Br)C(=O)NC1=S. The molecule has 2 rings (SSSR count). The molecule has 1 unspecified atom stereocenters. The first-order valence-corrected chi connectivity index (χ1v) is 7.05. The minimum atomic E-state index is -0.507. The summed E-state index contributed by atoms with van der Waals surface area (Å²) in [7, 11) is 1.79. The summed E-state index contributed by atoms with van der Waals surface area (Å²) in [5.41, 5.74) is 0.729. The van der Waals surface area contributed by atoms with Gasteiger partial charge >= 0.3 is 0 Å². The predicted octanol–water partition coefficient (Wildman–Crippen LogP) is 0.188. The minimum absolute atomic E-state index is 0.0252. The van der Waals surface area contributed by atoms with Gasteiger partial charge in [0.1, 0.15) is 5.57 Å². The first-order valence-electron chi connectivity index (χ1n) is 5.72. The van der Waals surface area contributed by atoms with Gasteiger partial charge in [-0.15, -0.1) is 6.58 Å². The van der Waals surface area contributed by atoms with Gasteiger partial charge in [0.2, 0.25) is 0 Å². The lowest BCUT2D eigenvalue weighted by atomic mass is 10.1. The van der Waals surface area contributed by atoms with E-state index in [1.165, 1.54) is 11.0 Å². The zero-order valence-electron chi connectivity index (χ0n) is 10.7. The van der Waals surface area contributed by atoms with Crippen molar-refractivity contribution in [3.63, 3.8) is 0 Å². The number of carbonyl (C=O) groups is 2. The summed E-state index contributed by atoms with van der Waals surface area (Å²) in [6.07, 6.45) is 4.68. The van der Waals surface area contributed by atoms with E-state index >= 15 is 0 Å². The molecule has 0 spiro atoms. The lowest BCUT2D eigenvalue weighted by Gasteiger charge is -2.27. The van der Waals surface area contributed by atoms with E-state index < -0.39 is 11.8 Å². The third-order valence-corrected chi connectivity index (χ3v) is 3.84. The van der Waals surface area contributed by atoms with Crippen molar-refractivity contribution in [3.8, 4) is 0 Å². The molecule has 2 heterocycles. The summed E-state index contributed by atoms with van der Waals surface area (Å²) in [5, 5.41) is 2.58. The van der Waals surface area contributed by atoms with Gasteiger partial charge in [0.15, 0.2) is 10.8 Å². The Morgan fingerprint density at radius 2 is 2.35 bits per heavy atom. The van der Waals surface area contributed by atoms with Crippen LogP contribution in [0.2, 0.25) is 0 Å². The van der Waals surface area contributed by atoms with Crippen LogP contribution in [0.25, 0.3) is 0 Å². The van der Waals surface area contributed by atoms with Gasteiger partial charge in [-0.1, -0.05) is 11.1 Å². The largest absolute Gasteiger partial charge is 0.298 e. The van der Waals surface area contributed by atoms with E-state index in [4.69, 9.17) is 12.2 Å². The highest BCUT2D eigenvalue weighted by Crippen LogP contribution is 2.15.